The highest BCUT2D eigenvalue weighted by Gasteiger charge is 2.19. The molecule has 2 nitrogen and oxygen atoms in total. The van der Waals surface area contributed by atoms with Crippen molar-refractivity contribution < 1.29 is 0 Å². The molecule has 0 atom stereocenters. The van der Waals surface area contributed by atoms with Gasteiger partial charge in [0.2, 0.25) is 0 Å². The first kappa shape index (κ1) is 8.63. The number of rotatable bonds is 1. The monoisotopic (exact) mass is 360 g/mol. The molecule has 0 unspecified atom stereocenters. The third-order valence-electron chi connectivity index (χ3n) is 1.02. The summed E-state index contributed by atoms with van der Waals surface area (Å²) in [6.45, 7) is 2.10. The molecule has 0 aromatic carbocycles. The van der Waals surface area contributed by atoms with E-state index in [0.717, 1.165) is 5.69 Å². The second-order valence-electron chi connectivity index (χ2n) is 2.00. The predicted molar refractivity (Wildman–Crippen MR) is 57.4 cm³/mol. The molecule has 1 aromatic rings. The Morgan fingerprint density at radius 1 is 1.50 bits per heavy atom. The summed E-state index contributed by atoms with van der Waals surface area (Å²) in [5.74, 6) is 0. The van der Waals surface area contributed by atoms with E-state index in [9.17, 15) is 0 Å². The van der Waals surface area contributed by atoms with Gasteiger partial charge in [-0.2, -0.15) is 10.2 Å². The minimum atomic E-state index is 0.0593. The first-order valence-electron chi connectivity index (χ1n) is 2.77. The van der Waals surface area contributed by atoms with Gasteiger partial charge >= 0.3 is 0 Å². The number of hydrogen-bond donors (Lipinski definition) is 0. The van der Waals surface area contributed by atoms with Gasteiger partial charge in [0.15, 0.2) is 0 Å². The van der Waals surface area contributed by atoms with Crippen LogP contribution in [0.5, 0.6) is 0 Å². The summed E-state index contributed by atoms with van der Waals surface area (Å²) in [5, 5.41) is 7.78. The molecule has 0 aliphatic heterocycles. The molecule has 0 fully saturated rings. The summed E-state index contributed by atoms with van der Waals surface area (Å²) in [4.78, 5) is 0. The molecule has 0 aliphatic carbocycles. The Hall–Kier alpha value is 0.540. The van der Waals surface area contributed by atoms with Crippen LogP contribution in [0.3, 0.4) is 0 Å². The van der Waals surface area contributed by atoms with Gasteiger partial charge in [-0.3, -0.25) is 0 Å². The van der Waals surface area contributed by atoms with Gasteiger partial charge in [0.25, 0.3) is 0 Å². The summed E-state index contributed by atoms with van der Waals surface area (Å²) in [6, 6.07) is 3.88. The van der Waals surface area contributed by atoms with Gasteiger partial charge in [0.1, 0.15) is 1.43 Å². The van der Waals surface area contributed by atoms with E-state index in [0.29, 0.717) is 0 Å². The van der Waals surface area contributed by atoms with Gasteiger partial charge in [-0.25, -0.2) is 0 Å². The molecule has 4 heteroatoms. The lowest BCUT2D eigenvalue weighted by molar-refractivity contribution is 0.907. The van der Waals surface area contributed by atoms with E-state index in [4.69, 9.17) is 0 Å². The SMILES string of the molecule is CC(I)(I)c1cccnn1. The molecule has 1 aromatic heterocycles. The van der Waals surface area contributed by atoms with E-state index >= 15 is 0 Å². The van der Waals surface area contributed by atoms with E-state index < -0.39 is 0 Å². The first-order valence-corrected chi connectivity index (χ1v) is 4.92. The summed E-state index contributed by atoms with van der Waals surface area (Å²) in [5.41, 5.74) is 1.01. The van der Waals surface area contributed by atoms with Crippen molar-refractivity contribution >= 4 is 45.2 Å². The van der Waals surface area contributed by atoms with Gasteiger partial charge in [-0.05, 0) is 19.1 Å². The molecule has 0 saturated heterocycles. The van der Waals surface area contributed by atoms with E-state index in [-0.39, 0.29) is 1.43 Å². The molecule has 0 N–H and O–H groups in total. The largest absolute Gasteiger partial charge is 0.159 e. The van der Waals surface area contributed by atoms with Crippen LogP contribution < -0.4 is 0 Å². The number of alkyl halides is 2. The standard InChI is InChI=1S/C6H6I2N2/c1-6(7,8)5-3-2-4-9-10-5/h2-4H,1H3. The van der Waals surface area contributed by atoms with Gasteiger partial charge < -0.3 is 0 Å². The highest BCUT2D eigenvalue weighted by atomic mass is 127. The number of nitrogens with zero attached hydrogens (tertiary/aromatic N) is 2. The van der Waals surface area contributed by atoms with Crippen molar-refractivity contribution in [3.8, 4) is 0 Å². The molecule has 0 spiro atoms. The molecule has 0 saturated carbocycles. The third-order valence-corrected chi connectivity index (χ3v) is 2.13. The van der Waals surface area contributed by atoms with Crippen LogP contribution in [0.1, 0.15) is 12.6 Å². The summed E-state index contributed by atoms with van der Waals surface area (Å²) < 4.78 is 0.0593. The molecule has 0 aliphatic rings. The fraction of sp³-hybridized carbons (Fsp3) is 0.333. The first-order chi connectivity index (χ1) is 4.61. The Morgan fingerprint density at radius 2 is 2.20 bits per heavy atom. The van der Waals surface area contributed by atoms with Crippen molar-refractivity contribution in [3.05, 3.63) is 24.0 Å². The van der Waals surface area contributed by atoms with E-state index in [1.807, 2.05) is 12.1 Å². The fourth-order valence-corrected chi connectivity index (χ4v) is 1.11. The Morgan fingerprint density at radius 3 is 2.50 bits per heavy atom. The Balaban J connectivity index is 2.97. The number of aromatic nitrogens is 2. The van der Waals surface area contributed by atoms with Gasteiger partial charge in [0, 0.05) is 6.20 Å². The minimum absolute atomic E-state index is 0.0593. The molecule has 0 amide bonds. The maximum Gasteiger partial charge on any atom is 0.114 e. The van der Waals surface area contributed by atoms with E-state index in [2.05, 4.69) is 62.3 Å². The Kier molecular flexibility index (Phi) is 2.84. The highest BCUT2D eigenvalue weighted by Crippen LogP contribution is 2.36. The second kappa shape index (κ2) is 3.29. The lowest BCUT2D eigenvalue weighted by Crippen LogP contribution is -2.04. The zero-order valence-corrected chi connectivity index (χ0v) is 9.70. The molecular weight excluding hydrogens is 354 g/mol. The molecule has 0 radical (unpaired) electrons. The van der Waals surface area contributed by atoms with Crippen molar-refractivity contribution in [2.24, 2.45) is 0 Å². The zero-order chi connectivity index (χ0) is 7.61. The van der Waals surface area contributed by atoms with Crippen molar-refractivity contribution in [2.75, 3.05) is 0 Å². The van der Waals surface area contributed by atoms with Gasteiger partial charge in [-0.15, -0.1) is 0 Å². The molecule has 0 bridgehead atoms. The van der Waals surface area contributed by atoms with Crippen molar-refractivity contribution in [3.63, 3.8) is 0 Å². The molecule has 10 heavy (non-hydrogen) atoms. The quantitative estimate of drug-likeness (QED) is 0.569. The fourth-order valence-electron chi connectivity index (χ4n) is 0.536. The lowest BCUT2D eigenvalue weighted by atomic mass is 10.3. The van der Waals surface area contributed by atoms with Crippen LogP contribution in [0.2, 0.25) is 0 Å². The van der Waals surface area contributed by atoms with Crippen molar-refractivity contribution in [1.29, 1.82) is 0 Å². The van der Waals surface area contributed by atoms with E-state index in [1.165, 1.54) is 0 Å². The van der Waals surface area contributed by atoms with Crippen molar-refractivity contribution in [1.82, 2.24) is 10.2 Å². The minimum Gasteiger partial charge on any atom is -0.159 e. The van der Waals surface area contributed by atoms with E-state index in [1.54, 1.807) is 6.20 Å². The van der Waals surface area contributed by atoms with Crippen LogP contribution in [-0.2, 0) is 1.43 Å². The van der Waals surface area contributed by atoms with Crippen LogP contribution in [0, 0.1) is 0 Å². The highest BCUT2D eigenvalue weighted by molar-refractivity contribution is 14.2. The topological polar surface area (TPSA) is 25.8 Å². The summed E-state index contributed by atoms with van der Waals surface area (Å²) in [7, 11) is 0. The van der Waals surface area contributed by atoms with Crippen LogP contribution in [0.25, 0.3) is 0 Å². The smallest absolute Gasteiger partial charge is 0.114 e. The normalized spacial score (nSPS) is 11.5. The summed E-state index contributed by atoms with van der Waals surface area (Å²) in [6.07, 6.45) is 1.68. The van der Waals surface area contributed by atoms with Crippen LogP contribution in [0.4, 0.5) is 0 Å². The number of halogens is 2. The molecule has 1 heterocycles. The maximum atomic E-state index is 3.99. The lowest BCUT2D eigenvalue weighted by Gasteiger charge is -2.10. The van der Waals surface area contributed by atoms with Crippen molar-refractivity contribution in [2.45, 2.75) is 8.35 Å². The maximum absolute atomic E-state index is 3.99. The Labute approximate surface area is 87.1 Å². The predicted octanol–water partition coefficient (Wildman–Crippen LogP) is 2.52. The second-order valence-corrected chi connectivity index (χ2v) is 8.38. The van der Waals surface area contributed by atoms with Gasteiger partial charge in [0.05, 0.1) is 5.69 Å². The molecule has 1 rings (SSSR count). The molecular formula is C6H6I2N2. The summed E-state index contributed by atoms with van der Waals surface area (Å²) >= 11 is 4.65. The van der Waals surface area contributed by atoms with Gasteiger partial charge in [-0.1, -0.05) is 45.2 Å². The van der Waals surface area contributed by atoms with Crippen LogP contribution in [-0.4, -0.2) is 10.2 Å². The molecule has 54 valence electrons. The Bertz CT molecular complexity index is 205. The average Bonchev–Trinajstić information content (AvgIpc) is 1.88. The third kappa shape index (κ3) is 2.30. The zero-order valence-electron chi connectivity index (χ0n) is 5.38. The average molecular weight is 360 g/mol. The number of hydrogen-bond acceptors (Lipinski definition) is 2. The van der Waals surface area contributed by atoms with Crippen LogP contribution >= 0.6 is 45.2 Å². The van der Waals surface area contributed by atoms with Crippen LogP contribution in [0.15, 0.2) is 18.3 Å².